The number of nitrogens with one attached hydrogen (secondary N) is 2. The van der Waals surface area contributed by atoms with Crippen LogP contribution < -0.4 is 11.1 Å². The van der Waals surface area contributed by atoms with E-state index >= 15 is 0 Å². The first kappa shape index (κ1) is 15.1. The largest absolute Gasteiger partial charge is 0.381 e. The van der Waals surface area contributed by atoms with E-state index in [-0.39, 0.29) is 28.5 Å². The van der Waals surface area contributed by atoms with Crippen LogP contribution in [-0.4, -0.2) is 25.7 Å². The number of hydrogen-bond donors (Lipinski definition) is 3. The first-order valence-corrected chi connectivity index (χ1v) is 7.34. The molecule has 0 radical (unpaired) electrons. The average molecular weight is 331 g/mol. The Morgan fingerprint density at radius 3 is 2.78 bits per heavy atom. The molecule has 0 unspecified atom stereocenters. The number of nitrogens with two attached hydrogens (primary N) is 1. The van der Waals surface area contributed by atoms with Gasteiger partial charge in [-0.1, -0.05) is 41.9 Å². The fourth-order valence-corrected chi connectivity index (χ4v) is 2.42. The van der Waals surface area contributed by atoms with Crippen molar-refractivity contribution in [1.82, 2.24) is 25.1 Å². The summed E-state index contributed by atoms with van der Waals surface area (Å²) in [6.45, 7) is 0.539. The molecule has 0 saturated heterocycles. The van der Waals surface area contributed by atoms with Gasteiger partial charge in [0, 0.05) is 18.9 Å². The lowest BCUT2D eigenvalue weighted by Gasteiger charge is -2.19. The molecule has 1 atom stereocenters. The van der Waals surface area contributed by atoms with Crippen molar-refractivity contribution in [3.63, 3.8) is 0 Å². The maximum Gasteiger partial charge on any atom is 0.271 e. The summed E-state index contributed by atoms with van der Waals surface area (Å²) in [7, 11) is 0. The summed E-state index contributed by atoms with van der Waals surface area (Å²) < 4.78 is 1.89. The van der Waals surface area contributed by atoms with Crippen LogP contribution in [0.25, 0.3) is 0 Å². The standard InChI is InChI=1S/C15H15ClN6O/c16-12-13(20-21-14(12)17)15(23)19-11(8-22-7-6-18-9-22)10-4-2-1-3-5-10/h1-7,9,11H,8H2,(H,19,23)(H3,17,20,21)/t11-/m1/s1. The van der Waals surface area contributed by atoms with Gasteiger partial charge in [0.25, 0.3) is 5.91 Å². The van der Waals surface area contributed by atoms with Crippen LogP contribution >= 0.6 is 11.6 Å². The number of rotatable bonds is 5. The number of anilines is 1. The van der Waals surface area contributed by atoms with Crippen LogP contribution in [0.5, 0.6) is 0 Å². The fraction of sp³-hybridized carbons (Fsp3) is 0.133. The third-order valence-corrected chi connectivity index (χ3v) is 3.80. The van der Waals surface area contributed by atoms with Crippen molar-refractivity contribution in [2.24, 2.45) is 0 Å². The summed E-state index contributed by atoms with van der Waals surface area (Å²) in [4.78, 5) is 16.5. The predicted octanol–water partition coefficient (Wildman–Crippen LogP) is 2.01. The molecule has 1 aromatic carbocycles. The summed E-state index contributed by atoms with van der Waals surface area (Å²) in [5.41, 5.74) is 6.68. The van der Waals surface area contributed by atoms with E-state index in [1.165, 1.54) is 0 Å². The Balaban J connectivity index is 1.83. The minimum absolute atomic E-state index is 0.0997. The van der Waals surface area contributed by atoms with E-state index in [2.05, 4.69) is 20.5 Å². The summed E-state index contributed by atoms with van der Waals surface area (Å²) in [5.74, 6) is -0.268. The van der Waals surface area contributed by atoms with Crippen LogP contribution in [0.2, 0.25) is 5.02 Å². The lowest BCUT2D eigenvalue weighted by molar-refractivity contribution is 0.0927. The molecule has 2 aromatic heterocycles. The highest BCUT2D eigenvalue weighted by Gasteiger charge is 2.21. The maximum atomic E-state index is 12.4. The van der Waals surface area contributed by atoms with Gasteiger partial charge in [-0.2, -0.15) is 5.10 Å². The lowest BCUT2D eigenvalue weighted by Crippen LogP contribution is -2.31. The lowest BCUT2D eigenvalue weighted by atomic mass is 10.1. The highest BCUT2D eigenvalue weighted by atomic mass is 35.5. The first-order valence-electron chi connectivity index (χ1n) is 6.96. The van der Waals surface area contributed by atoms with E-state index in [9.17, 15) is 4.79 Å². The summed E-state index contributed by atoms with van der Waals surface area (Å²) >= 11 is 5.98. The van der Waals surface area contributed by atoms with Gasteiger partial charge in [-0.05, 0) is 5.56 Å². The molecule has 1 amide bonds. The van der Waals surface area contributed by atoms with Gasteiger partial charge in [0.1, 0.15) is 10.7 Å². The second-order valence-corrected chi connectivity index (χ2v) is 5.37. The molecule has 0 fully saturated rings. The molecule has 4 N–H and O–H groups in total. The number of halogens is 1. The number of aromatic amines is 1. The Morgan fingerprint density at radius 2 is 2.17 bits per heavy atom. The zero-order chi connectivity index (χ0) is 16.2. The Hall–Kier alpha value is -2.80. The fourth-order valence-electron chi connectivity index (χ4n) is 2.25. The molecule has 0 aliphatic rings. The second-order valence-electron chi connectivity index (χ2n) is 4.99. The Labute approximate surface area is 137 Å². The van der Waals surface area contributed by atoms with Crippen molar-refractivity contribution in [2.75, 3.05) is 5.73 Å². The van der Waals surface area contributed by atoms with Gasteiger partial charge in [-0.3, -0.25) is 9.89 Å². The van der Waals surface area contributed by atoms with Crippen molar-refractivity contribution in [1.29, 1.82) is 0 Å². The van der Waals surface area contributed by atoms with Gasteiger partial charge in [0.15, 0.2) is 5.82 Å². The molecule has 23 heavy (non-hydrogen) atoms. The Morgan fingerprint density at radius 1 is 1.39 bits per heavy atom. The number of carbonyl (C=O) groups is 1. The summed E-state index contributed by atoms with van der Waals surface area (Å²) in [6.07, 6.45) is 5.23. The predicted molar refractivity (Wildman–Crippen MR) is 86.9 cm³/mol. The van der Waals surface area contributed by atoms with E-state index in [0.717, 1.165) is 5.56 Å². The van der Waals surface area contributed by atoms with Gasteiger partial charge in [0.2, 0.25) is 0 Å². The topological polar surface area (TPSA) is 102 Å². The smallest absolute Gasteiger partial charge is 0.271 e. The minimum atomic E-state index is -0.367. The molecular formula is C15H15ClN6O. The van der Waals surface area contributed by atoms with Gasteiger partial charge < -0.3 is 15.6 Å². The highest BCUT2D eigenvalue weighted by Crippen LogP contribution is 2.21. The third-order valence-electron chi connectivity index (χ3n) is 3.42. The van der Waals surface area contributed by atoms with E-state index in [0.29, 0.717) is 6.54 Å². The van der Waals surface area contributed by atoms with Crippen LogP contribution in [0, 0.1) is 0 Å². The Bertz CT molecular complexity index is 784. The van der Waals surface area contributed by atoms with Gasteiger partial charge in [-0.25, -0.2) is 4.98 Å². The zero-order valence-electron chi connectivity index (χ0n) is 12.1. The monoisotopic (exact) mass is 330 g/mol. The van der Waals surface area contributed by atoms with Crippen LogP contribution in [-0.2, 0) is 6.54 Å². The number of aromatic nitrogens is 4. The molecule has 0 aliphatic carbocycles. The van der Waals surface area contributed by atoms with Gasteiger partial charge >= 0.3 is 0 Å². The van der Waals surface area contributed by atoms with Crippen LogP contribution in [0.1, 0.15) is 22.1 Å². The van der Waals surface area contributed by atoms with Crippen LogP contribution in [0.3, 0.4) is 0 Å². The molecule has 2 heterocycles. The van der Waals surface area contributed by atoms with Gasteiger partial charge in [-0.15, -0.1) is 0 Å². The maximum absolute atomic E-state index is 12.4. The molecule has 0 bridgehead atoms. The number of benzene rings is 1. The van der Waals surface area contributed by atoms with Crippen LogP contribution in [0.4, 0.5) is 5.82 Å². The number of carbonyl (C=O) groups excluding carboxylic acids is 1. The quantitative estimate of drug-likeness (QED) is 0.666. The number of nitrogens with zero attached hydrogens (tertiary/aromatic N) is 3. The number of H-pyrrole nitrogens is 1. The average Bonchev–Trinajstić information content (AvgIpc) is 3.18. The molecule has 0 aliphatic heterocycles. The zero-order valence-corrected chi connectivity index (χ0v) is 12.9. The van der Waals surface area contributed by atoms with Crippen molar-refractivity contribution >= 4 is 23.3 Å². The number of imidazole rings is 1. The highest BCUT2D eigenvalue weighted by molar-refractivity contribution is 6.35. The van der Waals surface area contributed by atoms with Crippen molar-refractivity contribution in [2.45, 2.75) is 12.6 Å². The van der Waals surface area contributed by atoms with E-state index in [4.69, 9.17) is 17.3 Å². The van der Waals surface area contributed by atoms with E-state index in [1.807, 2.05) is 41.1 Å². The molecule has 3 aromatic rings. The summed E-state index contributed by atoms with van der Waals surface area (Å²) in [5, 5.41) is 9.35. The minimum Gasteiger partial charge on any atom is -0.381 e. The number of amides is 1. The van der Waals surface area contributed by atoms with Crippen LogP contribution in [0.15, 0.2) is 49.1 Å². The molecule has 3 rings (SSSR count). The number of nitrogen functional groups attached to an aromatic ring is 1. The number of hydrogen-bond acceptors (Lipinski definition) is 4. The second kappa shape index (κ2) is 6.53. The molecular weight excluding hydrogens is 316 g/mol. The molecule has 0 saturated carbocycles. The summed E-state index contributed by atoms with van der Waals surface area (Å²) in [6, 6.07) is 9.41. The van der Waals surface area contributed by atoms with Crippen molar-refractivity contribution in [3.05, 3.63) is 65.3 Å². The first-order chi connectivity index (χ1) is 11.1. The molecule has 8 heteroatoms. The van der Waals surface area contributed by atoms with Gasteiger partial charge in [0.05, 0.1) is 12.4 Å². The molecule has 7 nitrogen and oxygen atoms in total. The van der Waals surface area contributed by atoms with E-state index in [1.54, 1.807) is 12.5 Å². The third kappa shape index (κ3) is 3.35. The molecule has 118 valence electrons. The van der Waals surface area contributed by atoms with Crippen molar-refractivity contribution in [3.8, 4) is 0 Å². The molecule has 0 spiro atoms. The Kier molecular flexibility index (Phi) is 4.29. The van der Waals surface area contributed by atoms with E-state index < -0.39 is 0 Å². The SMILES string of the molecule is Nc1n[nH]c(C(=O)N[C@H](Cn2ccnc2)c2ccccc2)c1Cl. The normalized spacial score (nSPS) is 12.0. The van der Waals surface area contributed by atoms with Crippen molar-refractivity contribution < 1.29 is 4.79 Å².